The van der Waals surface area contributed by atoms with Gasteiger partial charge in [-0.2, -0.15) is 0 Å². The number of carbonyl (C=O) groups is 1. The molecule has 1 aromatic rings. The Kier molecular flexibility index (Phi) is 4.53. The maximum atomic E-state index is 13.6. The molecule has 3 heterocycles. The number of piperidine rings is 1. The van der Waals surface area contributed by atoms with Crippen molar-refractivity contribution in [1.29, 1.82) is 0 Å². The molecule has 152 valence electrons. The zero-order valence-corrected chi connectivity index (χ0v) is 17.1. The van der Waals surface area contributed by atoms with Gasteiger partial charge in [-0.15, -0.1) is 0 Å². The van der Waals surface area contributed by atoms with E-state index in [1.807, 2.05) is 0 Å². The van der Waals surface area contributed by atoms with Gasteiger partial charge in [-0.25, -0.2) is 0 Å². The first-order valence-electron chi connectivity index (χ1n) is 11.1. The molecule has 5 nitrogen and oxygen atoms in total. The third-order valence-electron chi connectivity index (χ3n) is 7.49. The van der Waals surface area contributed by atoms with Crippen molar-refractivity contribution in [1.82, 2.24) is 10.2 Å². The molecule has 0 radical (unpaired) electrons. The highest BCUT2D eigenvalue weighted by molar-refractivity contribution is 5.80. The topological polar surface area (TPSA) is 50.8 Å². The summed E-state index contributed by atoms with van der Waals surface area (Å²) in [6.07, 6.45) is 6.72. The number of benzene rings is 1. The highest BCUT2D eigenvalue weighted by Crippen LogP contribution is 2.52. The standard InChI is InChI=1S/C23H32N2O3/c1-15-11-17(5-8-24-15)22(26)25-14-23(6-3-4-7-23)19-13-21-20(27-9-10-28-21)12-18(19)16(25)2/h12-13,15-17,24H,3-11,14H2,1-2H3/t15-,16?,17-/m0/s1. The van der Waals surface area contributed by atoms with E-state index in [2.05, 4.69) is 36.2 Å². The van der Waals surface area contributed by atoms with E-state index in [1.54, 1.807) is 0 Å². The van der Waals surface area contributed by atoms with Crippen molar-refractivity contribution in [3.05, 3.63) is 23.3 Å². The second kappa shape index (κ2) is 6.94. The normalized spacial score (nSPS) is 30.9. The van der Waals surface area contributed by atoms with Crippen LogP contribution < -0.4 is 14.8 Å². The average molecular weight is 385 g/mol. The van der Waals surface area contributed by atoms with Crippen molar-refractivity contribution in [2.75, 3.05) is 26.3 Å². The number of ether oxygens (including phenoxy) is 2. The van der Waals surface area contributed by atoms with Gasteiger partial charge in [0.1, 0.15) is 13.2 Å². The number of hydrogen-bond donors (Lipinski definition) is 1. The molecule has 3 aliphatic heterocycles. The maximum absolute atomic E-state index is 13.6. The molecule has 1 aliphatic carbocycles. The van der Waals surface area contributed by atoms with Gasteiger partial charge in [0.25, 0.3) is 0 Å². The smallest absolute Gasteiger partial charge is 0.226 e. The Morgan fingerprint density at radius 3 is 2.57 bits per heavy atom. The lowest BCUT2D eigenvalue weighted by molar-refractivity contribution is -0.140. The lowest BCUT2D eigenvalue weighted by Crippen LogP contribution is -2.52. The molecule has 28 heavy (non-hydrogen) atoms. The molecule has 3 atom stereocenters. The van der Waals surface area contributed by atoms with Gasteiger partial charge in [-0.05, 0) is 69.3 Å². The predicted octanol–water partition coefficient (Wildman–Crippen LogP) is 3.56. The molecule has 1 saturated heterocycles. The fourth-order valence-electron chi connectivity index (χ4n) is 5.96. The van der Waals surface area contributed by atoms with Crippen molar-refractivity contribution >= 4 is 5.91 Å². The van der Waals surface area contributed by atoms with Gasteiger partial charge >= 0.3 is 0 Å². The first-order chi connectivity index (χ1) is 13.6. The van der Waals surface area contributed by atoms with Gasteiger partial charge in [0.2, 0.25) is 5.91 Å². The van der Waals surface area contributed by atoms with E-state index >= 15 is 0 Å². The zero-order valence-electron chi connectivity index (χ0n) is 17.1. The summed E-state index contributed by atoms with van der Waals surface area (Å²) in [6, 6.07) is 4.92. The Morgan fingerprint density at radius 1 is 1.14 bits per heavy atom. The first kappa shape index (κ1) is 18.3. The van der Waals surface area contributed by atoms with Gasteiger partial charge in [-0.3, -0.25) is 4.79 Å². The van der Waals surface area contributed by atoms with Crippen molar-refractivity contribution in [3.8, 4) is 11.5 Å². The van der Waals surface area contributed by atoms with E-state index in [0.29, 0.717) is 25.2 Å². The summed E-state index contributed by atoms with van der Waals surface area (Å²) in [6.45, 7) is 7.40. The van der Waals surface area contributed by atoms with Crippen molar-refractivity contribution in [3.63, 3.8) is 0 Å². The van der Waals surface area contributed by atoms with Crippen LogP contribution in [0.3, 0.4) is 0 Å². The molecule has 1 amide bonds. The van der Waals surface area contributed by atoms with E-state index in [9.17, 15) is 4.79 Å². The van der Waals surface area contributed by atoms with E-state index in [-0.39, 0.29) is 17.4 Å². The number of carbonyl (C=O) groups excluding carboxylic acids is 1. The van der Waals surface area contributed by atoms with Crippen molar-refractivity contribution in [2.24, 2.45) is 5.92 Å². The molecule has 1 aromatic carbocycles. The molecule has 1 unspecified atom stereocenters. The summed E-state index contributed by atoms with van der Waals surface area (Å²) in [5.41, 5.74) is 2.77. The summed E-state index contributed by atoms with van der Waals surface area (Å²) in [5.74, 6) is 2.23. The Balaban J connectivity index is 1.53. The molecule has 2 fully saturated rings. The van der Waals surface area contributed by atoms with Crippen LogP contribution in [0.2, 0.25) is 0 Å². The molecule has 1 spiro atoms. The first-order valence-corrected chi connectivity index (χ1v) is 11.1. The largest absolute Gasteiger partial charge is 0.486 e. The van der Waals surface area contributed by atoms with Crippen LogP contribution in [0.5, 0.6) is 11.5 Å². The number of hydrogen-bond acceptors (Lipinski definition) is 4. The van der Waals surface area contributed by atoms with Crippen LogP contribution in [0.15, 0.2) is 12.1 Å². The minimum atomic E-state index is 0.0892. The third-order valence-corrected chi connectivity index (χ3v) is 7.49. The second-order valence-electron chi connectivity index (χ2n) is 9.29. The Bertz CT molecular complexity index is 771. The van der Waals surface area contributed by atoms with Crippen LogP contribution in [-0.2, 0) is 10.2 Å². The highest BCUT2D eigenvalue weighted by Gasteiger charge is 2.47. The molecule has 5 rings (SSSR count). The predicted molar refractivity (Wildman–Crippen MR) is 108 cm³/mol. The summed E-state index contributed by atoms with van der Waals surface area (Å²) < 4.78 is 11.8. The Labute approximate surface area is 167 Å². The quantitative estimate of drug-likeness (QED) is 0.804. The molecule has 4 aliphatic rings. The average Bonchev–Trinajstić information content (AvgIpc) is 3.18. The van der Waals surface area contributed by atoms with Gasteiger partial charge in [0, 0.05) is 23.9 Å². The van der Waals surface area contributed by atoms with Gasteiger partial charge in [-0.1, -0.05) is 12.8 Å². The minimum absolute atomic E-state index is 0.0892. The Morgan fingerprint density at radius 2 is 1.86 bits per heavy atom. The highest BCUT2D eigenvalue weighted by atomic mass is 16.6. The molecular formula is C23H32N2O3. The van der Waals surface area contributed by atoms with Crippen LogP contribution in [0.4, 0.5) is 0 Å². The summed E-state index contributed by atoms with van der Waals surface area (Å²) in [5, 5.41) is 3.48. The molecule has 1 N–H and O–H groups in total. The van der Waals surface area contributed by atoms with E-state index < -0.39 is 0 Å². The summed E-state index contributed by atoms with van der Waals surface area (Å²) in [7, 11) is 0. The number of rotatable bonds is 1. The lowest BCUT2D eigenvalue weighted by Gasteiger charge is -2.47. The van der Waals surface area contributed by atoms with Crippen LogP contribution >= 0.6 is 0 Å². The number of amides is 1. The fourth-order valence-corrected chi connectivity index (χ4v) is 5.96. The number of nitrogens with one attached hydrogen (secondary N) is 1. The summed E-state index contributed by atoms with van der Waals surface area (Å²) >= 11 is 0. The van der Waals surface area contributed by atoms with E-state index in [4.69, 9.17) is 9.47 Å². The molecule has 0 aromatic heterocycles. The minimum Gasteiger partial charge on any atom is -0.486 e. The zero-order chi connectivity index (χ0) is 19.3. The second-order valence-corrected chi connectivity index (χ2v) is 9.29. The molecule has 0 bridgehead atoms. The van der Waals surface area contributed by atoms with Crippen LogP contribution in [0.25, 0.3) is 0 Å². The maximum Gasteiger partial charge on any atom is 0.226 e. The lowest BCUT2D eigenvalue weighted by atomic mass is 9.71. The summed E-state index contributed by atoms with van der Waals surface area (Å²) in [4.78, 5) is 15.8. The van der Waals surface area contributed by atoms with Crippen LogP contribution in [-0.4, -0.2) is 43.2 Å². The van der Waals surface area contributed by atoms with Crippen LogP contribution in [0, 0.1) is 5.92 Å². The van der Waals surface area contributed by atoms with Gasteiger partial charge in [0.05, 0.1) is 6.04 Å². The fraction of sp³-hybridized carbons (Fsp3) is 0.696. The number of nitrogens with zero attached hydrogens (tertiary/aromatic N) is 1. The third kappa shape index (κ3) is 2.90. The monoisotopic (exact) mass is 384 g/mol. The van der Waals surface area contributed by atoms with Gasteiger partial charge < -0.3 is 19.7 Å². The Hall–Kier alpha value is -1.75. The van der Waals surface area contributed by atoms with E-state index in [0.717, 1.165) is 37.4 Å². The van der Waals surface area contributed by atoms with Gasteiger partial charge in [0.15, 0.2) is 11.5 Å². The molecule has 1 saturated carbocycles. The SMILES string of the molecule is CC1c2cc3c(cc2C2(CCCC2)CN1C(=O)[C@H]1CCN[C@@H](C)C1)OCCO3. The van der Waals surface area contributed by atoms with E-state index in [1.165, 1.54) is 36.8 Å². The van der Waals surface area contributed by atoms with Crippen molar-refractivity contribution in [2.45, 2.75) is 69.9 Å². The van der Waals surface area contributed by atoms with Crippen molar-refractivity contribution < 1.29 is 14.3 Å². The molecule has 5 heteroatoms. The molecular weight excluding hydrogens is 352 g/mol. The van der Waals surface area contributed by atoms with Crippen LogP contribution in [0.1, 0.15) is 69.5 Å². The number of fused-ring (bicyclic) bond motifs is 3.